The summed E-state index contributed by atoms with van der Waals surface area (Å²) >= 11 is 0. The number of amides is 3. The highest BCUT2D eigenvalue weighted by molar-refractivity contribution is 6.14. The monoisotopic (exact) mass is 505 g/mol. The number of nitrogens with one attached hydrogen (secondary N) is 4. The van der Waals surface area contributed by atoms with Crippen LogP contribution in [0.3, 0.4) is 0 Å². The third-order valence-corrected chi connectivity index (χ3v) is 6.20. The van der Waals surface area contributed by atoms with Gasteiger partial charge >= 0.3 is 6.03 Å². The number of hydrogen-bond acceptors (Lipinski definition) is 10. The van der Waals surface area contributed by atoms with Crippen molar-refractivity contribution in [3.05, 3.63) is 41.7 Å². The smallest absolute Gasteiger partial charge is 0.326 e. The second kappa shape index (κ2) is 10.0. The fourth-order valence-corrected chi connectivity index (χ4v) is 4.10. The molecule has 0 atom stereocenters. The van der Waals surface area contributed by atoms with Gasteiger partial charge in [0, 0.05) is 43.0 Å². The fourth-order valence-electron chi connectivity index (χ4n) is 4.10. The van der Waals surface area contributed by atoms with Crippen LogP contribution in [0.15, 0.2) is 36.2 Å². The Labute approximate surface area is 212 Å². The van der Waals surface area contributed by atoms with E-state index in [1.807, 2.05) is 24.3 Å². The molecule has 0 spiro atoms. The number of benzene rings is 1. The predicted octanol–water partition coefficient (Wildman–Crippen LogP) is 1.33. The quantitative estimate of drug-likeness (QED) is 0.248. The first kappa shape index (κ1) is 23.2. The van der Waals surface area contributed by atoms with Crippen LogP contribution in [0.25, 0.3) is 11.7 Å². The number of imide groups is 1. The fraction of sp³-hybridized carbons (Fsp3) is 0.375. The highest BCUT2D eigenvalue weighted by Gasteiger charge is 2.26. The van der Waals surface area contributed by atoms with Crippen molar-refractivity contribution in [3.63, 3.8) is 0 Å². The molecule has 3 fully saturated rings. The third-order valence-electron chi connectivity index (χ3n) is 6.20. The van der Waals surface area contributed by atoms with Crippen LogP contribution >= 0.6 is 0 Å². The number of ether oxygens (including phenoxy) is 2. The summed E-state index contributed by atoms with van der Waals surface area (Å²) in [6, 6.07) is 7.40. The van der Waals surface area contributed by atoms with Crippen molar-refractivity contribution in [2.45, 2.75) is 18.9 Å². The average Bonchev–Trinajstić information content (AvgIpc) is 3.53. The van der Waals surface area contributed by atoms with Crippen molar-refractivity contribution in [1.29, 1.82) is 0 Å². The Morgan fingerprint density at radius 3 is 2.81 bits per heavy atom. The Hall–Kier alpha value is -4.23. The van der Waals surface area contributed by atoms with E-state index in [2.05, 4.69) is 41.2 Å². The molecule has 6 rings (SSSR count). The molecule has 1 aliphatic carbocycles. The van der Waals surface area contributed by atoms with E-state index < -0.39 is 11.9 Å². The van der Waals surface area contributed by atoms with Gasteiger partial charge in [-0.2, -0.15) is 19.6 Å². The number of carbonyl (C=O) groups is 2. The van der Waals surface area contributed by atoms with Gasteiger partial charge < -0.3 is 25.4 Å². The van der Waals surface area contributed by atoms with Crippen LogP contribution in [0.2, 0.25) is 0 Å². The van der Waals surface area contributed by atoms with E-state index in [1.165, 1.54) is 0 Å². The Balaban J connectivity index is 1.22. The molecule has 1 aromatic carbocycles. The molecule has 13 nitrogen and oxygen atoms in total. The van der Waals surface area contributed by atoms with Crippen molar-refractivity contribution < 1.29 is 19.1 Å². The first-order valence-corrected chi connectivity index (χ1v) is 12.3. The van der Waals surface area contributed by atoms with Crippen molar-refractivity contribution in [1.82, 2.24) is 35.1 Å². The number of anilines is 3. The summed E-state index contributed by atoms with van der Waals surface area (Å²) in [6.07, 6.45) is 5.24. The Kier molecular flexibility index (Phi) is 6.28. The van der Waals surface area contributed by atoms with Crippen molar-refractivity contribution in [3.8, 4) is 5.75 Å². The molecule has 2 saturated heterocycles. The van der Waals surface area contributed by atoms with E-state index in [9.17, 15) is 9.59 Å². The molecule has 4 N–H and O–H groups in total. The second-order valence-corrected chi connectivity index (χ2v) is 9.05. The molecule has 1 saturated carbocycles. The van der Waals surface area contributed by atoms with Crippen LogP contribution in [0.4, 0.5) is 22.4 Å². The maximum Gasteiger partial charge on any atom is 0.326 e. The van der Waals surface area contributed by atoms with Gasteiger partial charge in [0.2, 0.25) is 11.9 Å². The molecular formula is C24H27N9O4. The van der Waals surface area contributed by atoms with Gasteiger partial charge in [0.1, 0.15) is 18.1 Å². The Morgan fingerprint density at radius 2 is 2.03 bits per heavy atom. The maximum atomic E-state index is 12.0. The summed E-state index contributed by atoms with van der Waals surface area (Å²) in [7, 11) is 0. The molecule has 0 radical (unpaired) electrons. The van der Waals surface area contributed by atoms with E-state index in [-0.39, 0.29) is 5.70 Å². The predicted molar refractivity (Wildman–Crippen MR) is 135 cm³/mol. The summed E-state index contributed by atoms with van der Waals surface area (Å²) in [4.78, 5) is 35.1. The summed E-state index contributed by atoms with van der Waals surface area (Å²) < 4.78 is 13.0. The number of rotatable bonds is 9. The highest BCUT2D eigenvalue weighted by atomic mass is 16.5. The summed E-state index contributed by atoms with van der Waals surface area (Å²) in [5.74, 6) is 1.14. The van der Waals surface area contributed by atoms with Crippen LogP contribution in [-0.2, 0) is 9.53 Å². The average molecular weight is 506 g/mol. The van der Waals surface area contributed by atoms with Gasteiger partial charge in [-0.25, -0.2) is 4.79 Å². The minimum absolute atomic E-state index is 0.131. The molecule has 13 heteroatoms. The van der Waals surface area contributed by atoms with Crippen molar-refractivity contribution >= 4 is 41.2 Å². The van der Waals surface area contributed by atoms with E-state index >= 15 is 0 Å². The zero-order valence-electron chi connectivity index (χ0n) is 20.1. The lowest BCUT2D eigenvalue weighted by Crippen LogP contribution is -2.38. The minimum atomic E-state index is -0.562. The number of aromatic nitrogens is 4. The van der Waals surface area contributed by atoms with Gasteiger partial charge in [0.05, 0.1) is 19.4 Å². The molecule has 2 aromatic heterocycles. The third kappa shape index (κ3) is 5.47. The van der Waals surface area contributed by atoms with E-state index in [1.54, 1.807) is 16.8 Å². The maximum absolute atomic E-state index is 12.0. The molecule has 2 aliphatic heterocycles. The number of fused-ring (bicyclic) bond motifs is 1. The van der Waals surface area contributed by atoms with E-state index in [0.717, 1.165) is 57.1 Å². The minimum Gasteiger partial charge on any atom is -0.492 e. The van der Waals surface area contributed by atoms with Crippen LogP contribution < -0.4 is 26.0 Å². The molecule has 4 heterocycles. The lowest BCUT2D eigenvalue weighted by Gasteiger charge is -2.26. The SMILES string of the molecule is O=C1NC(=O)/C(=C/c2cnn3c(NC4CC4)nc(Nc4cccc(OCCN5CCOCC5)c4)nc23)N1. The highest BCUT2D eigenvalue weighted by Crippen LogP contribution is 2.27. The molecule has 3 amide bonds. The zero-order valence-corrected chi connectivity index (χ0v) is 20.1. The molecule has 3 aromatic rings. The molecular weight excluding hydrogens is 478 g/mol. The number of carbonyl (C=O) groups excluding carboxylic acids is 2. The summed E-state index contributed by atoms with van der Waals surface area (Å²) in [5.41, 5.74) is 1.95. The standard InChI is InChI=1S/C24H27N9O4/c34-21-19(28-24(35)30-21)12-15-14-25-33-20(15)29-22(31-23(33)27-16-4-5-16)26-17-2-1-3-18(13-17)37-11-8-32-6-9-36-10-7-32/h1-3,12-14,16H,4-11H2,(H2,26,27,29,31)(H2,28,30,34,35)/b19-12-. The van der Waals surface area contributed by atoms with Gasteiger partial charge in [-0.3, -0.25) is 15.0 Å². The lowest BCUT2D eigenvalue weighted by atomic mass is 10.2. The topological polar surface area (TPSA) is 147 Å². The second-order valence-electron chi connectivity index (χ2n) is 9.05. The summed E-state index contributed by atoms with van der Waals surface area (Å²) in [6.45, 7) is 4.80. The van der Waals surface area contributed by atoms with E-state index in [0.29, 0.717) is 35.8 Å². The molecule has 0 unspecified atom stereocenters. The summed E-state index contributed by atoms with van der Waals surface area (Å²) in [5, 5.41) is 15.7. The molecule has 0 bridgehead atoms. The van der Waals surface area contributed by atoms with Crippen molar-refractivity contribution in [2.24, 2.45) is 0 Å². The van der Waals surface area contributed by atoms with Crippen LogP contribution in [-0.4, -0.2) is 81.9 Å². The Morgan fingerprint density at radius 1 is 1.16 bits per heavy atom. The van der Waals surface area contributed by atoms with Gasteiger partial charge in [-0.1, -0.05) is 6.07 Å². The zero-order chi connectivity index (χ0) is 25.2. The van der Waals surface area contributed by atoms with Crippen LogP contribution in [0.1, 0.15) is 18.4 Å². The number of morpholine rings is 1. The number of hydrogen-bond donors (Lipinski definition) is 4. The van der Waals surface area contributed by atoms with Crippen LogP contribution in [0, 0.1) is 0 Å². The number of urea groups is 1. The molecule has 37 heavy (non-hydrogen) atoms. The first-order valence-electron chi connectivity index (χ1n) is 12.3. The van der Waals surface area contributed by atoms with Crippen molar-refractivity contribution in [2.75, 3.05) is 50.1 Å². The lowest BCUT2D eigenvalue weighted by molar-refractivity contribution is -0.115. The molecule has 3 aliphatic rings. The normalized spacial score (nSPS) is 19.2. The van der Waals surface area contributed by atoms with Gasteiger partial charge in [0.25, 0.3) is 5.91 Å². The largest absolute Gasteiger partial charge is 0.492 e. The number of nitrogens with zero attached hydrogens (tertiary/aromatic N) is 5. The first-order chi connectivity index (χ1) is 18.1. The van der Waals surface area contributed by atoms with Gasteiger partial charge in [-0.05, 0) is 31.1 Å². The Bertz CT molecular complexity index is 1360. The van der Waals surface area contributed by atoms with E-state index in [4.69, 9.17) is 9.47 Å². The molecule has 192 valence electrons. The van der Waals surface area contributed by atoms with Gasteiger partial charge in [0.15, 0.2) is 5.65 Å². The van der Waals surface area contributed by atoms with Crippen LogP contribution in [0.5, 0.6) is 5.75 Å². The van der Waals surface area contributed by atoms with Gasteiger partial charge in [-0.15, -0.1) is 0 Å².